The molecule has 2 rings (SSSR count). The highest BCUT2D eigenvalue weighted by atomic mass is 19.1. The van der Waals surface area contributed by atoms with Crippen LogP contribution in [0.2, 0.25) is 0 Å². The summed E-state index contributed by atoms with van der Waals surface area (Å²) in [4.78, 5) is 0. The summed E-state index contributed by atoms with van der Waals surface area (Å²) in [5, 5.41) is 0. The van der Waals surface area contributed by atoms with Crippen LogP contribution >= 0.6 is 0 Å². The molecule has 4 N–H and O–H groups in total. The van der Waals surface area contributed by atoms with Gasteiger partial charge in [-0.3, -0.25) is 0 Å². The van der Waals surface area contributed by atoms with Crippen LogP contribution in [0.5, 0.6) is 0 Å². The third-order valence-corrected chi connectivity index (χ3v) is 4.62. The Hall–Kier alpha value is -0.930. The molecule has 1 aromatic rings. The van der Waals surface area contributed by atoms with Gasteiger partial charge in [-0.25, -0.2) is 4.39 Å². The van der Waals surface area contributed by atoms with Crippen LogP contribution in [0, 0.1) is 11.7 Å². The molecule has 0 bridgehead atoms. The Balaban J connectivity index is 0.00000162. The molecule has 2 unspecified atom stereocenters. The summed E-state index contributed by atoms with van der Waals surface area (Å²) in [7, 11) is 0. The van der Waals surface area contributed by atoms with Crippen molar-refractivity contribution in [3.63, 3.8) is 0 Å². The summed E-state index contributed by atoms with van der Waals surface area (Å²) in [6, 6.07) is 7.05. The van der Waals surface area contributed by atoms with Gasteiger partial charge in [-0.05, 0) is 50.3 Å². The highest BCUT2D eigenvalue weighted by Crippen LogP contribution is 2.50. The van der Waals surface area contributed by atoms with Crippen molar-refractivity contribution in [2.75, 3.05) is 0 Å². The molecule has 0 aromatic heterocycles. The van der Waals surface area contributed by atoms with Crippen molar-refractivity contribution < 1.29 is 15.6 Å². The van der Waals surface area contributed by atoms with E-state index in [9.17, 15) is 4.39 Å². The number of hydrogen-bond acceptors (Lipinski definition) is 1. The molecule has 0 aliphatic heterocycles. The molecule has 0 radical (unpaired) electrons. The summed E-state index contributed by atoms with van der Waals surface area (Å²) in [6.07, 6.45) is 3.66. The second kappa shape index (κ2) is 4.98. The van der Waals surface area contributed by atoms with Crippen molar-refractivity contribution in [1.29, 1.82) is 0 Å². The molecule has 0 heterocycles. The number of quaternary nitrogens is 1. The highest BCUT2D eigenvalue weighted by Gasteiger charge is 2.53. The molecule has 0 saturated heterocycles. The topological polar surface area (TPSA) is 57.6 Å². The summed E-state index contributed by atoms with van der Waals surface area (Å²) in [5.74, 6) is 0.455. The van der Waals surface area contributed by atoms with Gasteiger partial charge < -0.3 is 11.2 Å². The first kappa shape index (κ1) is 15.1. The number of hydrogen-bond donors (Lipinski definition) is 1. The molecule has 0 spiro atoms. The maximum absolute atomic E-state index is 13.1. The lowest BCUT2D eigenvalue weighted by atomic mass is 9.62. The van der Waals surface area contributed by atoms with E-state index in [1.165, 1.54) is 18.4 Å². The molecule has 102 valence electrons. The SMILES string of the molecule is CC1CCCC1(c1ccc(F)cc1)C(C)(C)[NH3+].[OH-]. The second-order valence-corrected chi connectivity index (χ2v) is 6.16. The minimum Gasteiger partial charge on any atom is -0.870 e. The first-order chi connectivity index (χ1) is 7.88. The largest absolute Gasteiger partial charge is 0.870 e. The fourth-order valence-electron chi connectivity index (χ4n) is 3.75. The van der Waals surface area contributed by atoms with Crippen LogP contribution in [0.4, 0.5) is 4.39 Å². The van der Waals surface area contributed by atoms with E-state index in [1.54, 1.807) is 12.1 Å². The van der Waals surface area contributed by atoms with E-state index in [-0.39, 0.29) is 22.2 Å². The minimum absolute atomic E-state index is 0. The van der Waals surface area contributed by atoms with Gasteiger partial charge in [0.1, 0.15) is 5.82 Å². The Kier molecular flexibility index (Phi) is 4.19. The van der Waals surface area contributed by atoms with Crippen molar-refractivity contribution in [3.8, 4) is 0 Å². The van der Waals surface area contributed by atoms with Crippen LogP contribution in [0.1, 0.15) is 45.6 Å². The third kappa shape index (κ3) is 2.17. The molecule has 2 nitrogen and oxygen atoms in total. The van der Waals surface area contributed by atoms with Gasteiger partial charge in [0.2, 0.25) is 0 Å². The molecular formula is C15H24FNO. The van der Waals surface area contributed by atoms with E-state index in [2.05, 4.69) is 26.5 Å². The molecule has 1 saturated carbocycles. The van der Waals surface area contributed by atoms with Gasteiger partial charge in [0.25, 0.3) is 0 Å². The zero-order valence-corrected chi connectivity index (χ0v) is 11.5. The zero-order valence-electron chi connectivity index (χ0n) is 11.5. The fourth-order valence-corrected chi connectivity index (χ4v) is 3.75. The Morgan fingerprint density at radius 3 is 2.22 bits per heavy atom. The Morgan fingerprint density at radius 2 is 1.83 bits per heavy atom. The molecule has 3 heteroatoms. The van der Waals surface area contributed by atoms with Crippen LogP contribution in [0.25, 0.3) is 0 Å². The lowest BCUT2D eigenvalue weighted by Crippen LogP contribution is -2.78. The molecule has 18 heavy (non-hydrogen) atoms. The van der Waals surface area contributed by atoms with Crippen molar-refractivity contribution in [3.05, 3.63) is 35.6 Å². The average Bonchev–Trinajstić information content (AvgIpc) is 2.61. The number of halogens is 1. The maximum atomic E-state index is 13.1. The monoisotopic (exact) mass is 253 g/mol. The van der Waals surface area contributed by atoms with Gasteiger partial charge in [0, 0.05) is 0 Å². The van der Waals surface area contributed by atoms with Crippen molar-refractivity contribution >= 4 is 0 Å². The molecule has 1 aromatic carbocycles. The zero-order chi connectivity index (χ0) is 12.7. The molecule has 2 atom stereocenters. The van der Waals surface area contributed by atoms with E-state index >= 15 is 0 Å². The normalized spacial score (nSPS) is 27.9. The van der Waals surface area contributed by atoms with Crippen molar-refractivity contribution in [1.82, 2.24) is 0 Å². The standard InChI is InChI=1S/C15H22FN.H2O/c1-11-5-4-10-15(11,14(2,3)17)12-6-8-13(16)9-7-12;/h6-9,11H,4-5,10,17H2,1-3H3;1H2. The molecule has 1 aliphatic carbocycles. The first-order valence-electron chi connectivity index (χ1n) is 6.49. The van der Waals surface area contributed by atoms with Crippen molar-refractivity contribution in [2.45, 2.75) is 51.0 Å². The number of benzene rings is 1. The van der Waals surface area contributed by atoms with Gasteiger partial charge in [0.05, 0.1) is 11.0 Å². The van der Waals surface area contributed by atoms with Gasteiger partial charge in [-0.2, -0.15) is 0 Å². The Bertz CT molecular complexity index is 396. The van der Waals surface area contributed by atoms with Crippen molar-refractivity contribution in [2.24, 2.45) is 5.92 Å². The summed E-state index contributed by atoms with van der Waals surface area (Å²) >= 11 is 0. The predicted molar refractivity (Wildman–Crippen MR) is 70.0 cm³/mol. The van der Waals surface area contributed by atoms with Gasteiger partial charge in [-0.1, -0.05) is 25.5 Å². The van der Waals surface area contributed by atoms with Crippen LogP contribution in [-0.2, 0) is 5.41 Å². The van der Waals surface area contributed by atoms with E-state index in [4.69, 9.17) is 0 Å². The van der Waals surface area contributed by atoms with Crippen LogP contribution < -0.4 is 5.73 Å². The Labute approximate surface area is 109 Å². The van der Waals surface area contributed by atoms with E-state index in [0.29, 0.717) is 5.92 Å². The summed E-state index contributed by atoms with van der Waals surface area (Å²) in [5.41, 5.74) is 5.70. The van der Waals surface area contributed by atoms with Gasteiger partial charge in [0.15, 0.2) is 0 Å². The lowest BCUT2D eigenvalue weighted by molar-refractivity contribution is -0.487. The molecular weight excluding hydrogens is 229 g/mol. The van der Waals surface area contributed by atoms with Crippen LogP contribution in [-0.4, -0.2) is 11.0 Å². The molecule has 0 amide bonds. The molecule has 1 fully saturated rings. The third-order valence-electron chi connectivity index (χ3n) is 4.62. The lowest BCUT2D eigenvalue weighted by Gasteiger charge is -2.43. The molecule has 1 aliphatic rings. The average molecular weight is 253 g/mol. The Morgan fingerprint density at radius 1 is 1.28 bits per heavy atom. The maximum Gasteiger partial charge on any atom is 0.123 e. The minimum atomic E-state index is -0.156. The highest BCUT2D eigenvalue weighted by molar-refractivity contribution is 5.31. The summed E-state index contributed by atoms with van der Waals surface area (Å²) < 4.78 is 13.1. The van der Waals surface area contributed by atoms with E-state index in [1.807, 2.05) is 12.1 Å². The fraction of sp³-hybridized carbons (Fsp3) is 0.600. The quantitative estimate of drug-likeness (QED) is 0.865. The van der Waals surface area contributed by atoms with Gasteiger partial charge in [-0.15, -0.1) is 0 Å². The van der Waals surface area contributed by atoms with Gasteiger partial charge >= 0.3 is 0 Å². The predicted octanol–water partition coefficient (Wildman–Crippen LogP) is 2.73. The number of rotatable bonds is 2. The van der Waals surface area contributed by atoms with Crippen LogP contribution in [0.15, 0.2) is 24.3 Å². The van der Waals surface area contributed by atoms with Crippen LogP contribution in [0.3, 0.4) is 0 Å². The second-order valence-electron chi connectivity index (χ2n) is 6.16. The smallest absolute Gasteiger partial charge is 0.123 e. The van der Waals surface area contributed by atoms with E-state index < -0.39 is 0 Å². The summed E-state index contributed by atoms with van der Waals surface area (Å²) in [6.45, 7) is 6.72. The first-order valence-corrected chi connectivity index (χ1v) is 6.49. The van der Waals surface area contributed by atoms with E-state index in [0.717, 1.165) is 6.42 Å².